The number of rotatable bonds is 5. The second kappa shape index (κ2) is 4.96. The van der Waals surface area contributed by atoms with E-state index in [4.69, 9.17) is 0 Å². The first kappa shape index (κ1) is 10.9. The fourth-order valence-corrected chi connectivity index (χ4v) is 2.06. The standard InChI is InChI=1S/C12H18N4/c1-3-7-15-9-5-13-11(15)12-14-6-10-16(12)8-4-2/h3-4H,1-2,5-10H2. The summed E-state index contributed by atoms with van der Waals surface area (Å²) in [5.41, 5.74) is 0. The highest BCUT2D eigenvalue weighted by atomic mass is 15.3. The predicted molar refractivity (Wildman–Crippen MR) is 68.1 cm³/mol. The van der Waals surface area contributed by atoms with E-state index in [2.05, 4.69) is 32.9 Å². The molecule has 0 aliphatic carbocycles. The third kappa shape index (κ3) is 2.01. The topological polar surface area (TPSA) is 31.2 Å². The molecule has 0 bridgehead atoms. The van der Waals surface area contributed by atoms with Crippen molar-refractivity contribution < 1.29 is 0 Å². The van der Waals surface area contributed by atoms with Crippen LogP contribution in [0.2, 0.25) is 0 Å². The first-order chi connectivity index (χ1) is 7.86. The van der Waals surface area contributed by atoms with Crippen LogP contribution in [0.15, 0.2) is 35.3 Å². The molecule has 0 fully saturated rings. The van der Waals surface area contributed by atoms with Crippen LogP contribution in [0.3, 0.4) is 0 Å². The Morgan fingerprint density at radius 3 is 1.75 bits per heavy atom. The van der Waals surface area contributed by atoms with E-state index in [-0.39, 0.29) is 0 Å². The average molecular weight is 218 g/mol. The van der Waals surface area contributed by atoms with Gasteiger partial charge in [-0.3, -0.25) is 9.98 Å². The largest absolute Gasteiger partial charge is 0.348 e. The Morgan fingerprint density at radius 2 is 1.38 bits per heavy atom. The molecule has 0 aromatic rings. The van der Waals surface area contributed by atoms with Crippen LogP contribution in [-0.2, 0) is 0 Å². The molecule has 4 nitrogen and oxygen atoms in total. The monoisotopic (exact) mass is 218 g/mol. The van der Waals surface area contributed by atoms with Gasteiger partial charge in [0.25, 0.3) is 0 Å². The minimum atomic E-state index is 0.847. The molecular formula is C12H18N4. The fourth-order valence-electron chi connectivity index (χ4n) is 2.06. The molecule has 0 amide bonds. The quantitative estimate of drug-likeness (QED) is 0.639. The van der Waals surface area contributed by atoms with Gasteiger partial charge >= 0.3 is 0 Å². The summed E-state index contributed by atoms with van der Waals surface area (Å²) >= 11 is 0. The van der Waals surface area contributed by atoms with Crippen LogP contribution in [0.25, 0.3) is 0 Å². The maximum Gasteiger partial charge on any atom is 0.167 e. The van der Waals surface area contributed by atoms with Gasteiger partial charge in [-0.05, 0) is 0 Å². The zero-order valence-corrected chi connectivity index (χ0v) is 9.60. The normalized spacial score (nSPS) is 19.8. The third-order valence-corrected chi connectivity index (χ3v) is 2.76. The molecule has 0 aromatic heterocycles. The molecule has 2 heterocycles. The number of amidine groups is 2. The summed E-state index contributed by atoms with van der Waals surface area (Å²) in [6, 6.07) is 0. The molecule has 0 spiro atoms. The molecule has 0 aromatic carbocycles. The molecule has 0 saturated carbocycles. The van der Waals surface area contributed by atoms with Crippen LogP contribution < -0.4 is 0 Å². The van der Waals surface area contributed by atoms with E-state index in [0.717, 1.165) is 50.9 Å². The number of nitrogens with zero attached hydrogens (tertiary/aromatic N) is 4. The van der Waals surface area contributed by atoms with E-state index in [1.807, 2.05) is 12.2 Å². The number of aliphatic imine (C=N–C) groups is 2. The lowest BCUT2D eigenvalue weighted by Crippen LogP contribution is -2.41. The molecule has 0 N–H and O–H groups in total. The van der Waals surface area contributed by atoms with Crippen LogP contribution in [0, 0.1) is 0 Å². The highest BCUT2D eigenvalue weighted by molar-refractivity contribution is 6.41. The first-order valence-corrected chi connectivity index (χ1v) is 5.67. The number of hydrogen-bond donors (Lipinski definition) is 0. The summed E-state index contributed by atoms with van der Waals surface area (Å²) in [6.07, 6.45) is 3.82. The smallest absolute Gasteiger partial charge is 0.167 e. The second-order valence-electron chi connectivity index (χ2n) is 3.88. The van der Waals surface area contributed by atoms with E-state index in [1.54, 1.807) is 0 Å². The van der Waals surface area contributed by atoms with Gasteiger partial charge in [0.05, 0.1) is 13.1 Å². The molecular weight excluding hydrogens is 200 g/mol. The van der Waals surface area contributed by atoms with E-state index in [1.165, 1.54) is 0 Å². The first-order valence-electron chi connectivity index (χ1n) is 5.67. The third-order valence-electron chi connectivity index (χ3n) is 2.76. The maximum atomic E-state index is 4.54. The molecule has 0 atom stereocenters. The van der Waals surface area contributed by atoms with Crippen LogP contribution in [0.5, 0.6) is 0 Å². The molecule has 0 unspecified atom stereocenters. The molecule has 4 heteroatoms. The second-order valence-corrected chi connectivity index (χ2v) is 3.88. The molecule has 0 saturated heterocycles. The van der Waals surface area contributed by atoms with E-state index < -0.39 is 0 Å². The van der Waals surface area contributed by atoms with Crippen molar-refractivity contribution in [2.24, 2.45) is 9.98 Å². The predicted octanol–water partition coefficient (Wildman–Crippen LogP) is 0.787. The van der Waals surface area contributed by atoms with E-state index >= 15 is 0 Å². The Balaban J connectivity index is 2.11. The summed E-state index contributed by atoms with van der Waals surface area (Å²) < 4.78 is 0. The zero-order valence-electron chi connectivity index (χ0n) is 9.60. The van der Waals surface area contributed by atoms with Crippen molar-refractivity contribution >= 4 is 11.7 Å². The van der Waals surface area contributed by atoms with Gasteiger partial charge in [-0.1, -0.05) is 12.2 Å². The Morgan fingerprint density at radius 1 is 0.938 bits per heavy atom. The minimum Gasteiger partial charge on any atom is -0.348 e. The van der Waals surface area contributed by atoms with Crippen LogP contribution >= 0.6 is 0 Å². The van der Waals surface area contributed by atoms with Crippen molar-refractivity contribution in [1.82, 2.24) is 9.80 Å². The van der Waals surface area contributed by atoms with Crippen molar-refractivity contribution in [2.75, 3.05) is 39.3 Å². The Hall–Kier alpha value is -1.58. The van der Waals surface area contributed by atoms with E-state index in [9.17, 15) is 0 Å². The van der Waals surface area contributed by atoms with Gasteiger partial charge in [0, 0.05) is 26.2 Å². The van der Waals surface area contributed by atoms with Crippen molar-refractivity contribution in [3.8, 4) is 0 Å². The molecule has 16 heavy (non-hydrogen) atoms. The molecule has 2 aliphatic rings. The van der Waals surface area contributed by atoms with Gasteiger partial charge in [0.2, 0.25) is 0 Å². The van der Waals surface area contributed by atoms with Crippen molar-refractivity contribution in [3.63, 3.8) is 0 Å². The highest BCUT2D eigenvalue weighted by Gasteiger charge is 2.27. The zero-order chi connectivity index (χ0) is 11.4. The average Bonchev–Trinajstić information content (AvgIpc) is 2.87. The maximum absolute atomic E-state index is 4.54. The van der Waals surface area contributed by atoms with Crippen molar-refractivity contribution in [2.45, 2.75) is 0 Å². The van der Waals surface area contributed by atoms with Gasteiger partial charge in [-0.15, -0.1) is 13.2 Å². The Bertz CT molecular complexity index is 309. The Kier molecular flexibility index (Phi) is 3.39. The molecule has 0 radical (unpaired) electrons. The fraction of sp³-hybridized carbons (Fsp3) is 0.500. The van der Waals surface area contributed by atoms with Crippen LogP contribution in [-0.4, -0.2) is 60.7 Å². The lowest BCUT2D eigenvalue weighted by Gasteiger charge is -2.24. The van der Waals surface area contributed by atoms with Gasteiger partial charge in [0.15, 0.2) is 11.7 Å². The summed E-state index contributed by atoms with van der Waals surface area (Å²) in [4.78, 5) is 13.5. The number of hydrogen-bond acceptors (Lipinski definition) is 4. The summed E-state index contributed by atoms with van der Waals surface area (Å²) in [6.45, 7) is 12.9. The van der Waals surface area contributed by atoms with Crippen LogP contribution in [0.1, 0.15) is 0 Å². The SMILES string of the molecule is C=CCN1CCN=C1C1=NCCN1CC=C. The summed E-state index contributed by atoms with van der Waals surface area (Å²) in [7, 11) is 0. The molecule has 2 aliphatic heterocycles. The Labute approximate surface area is 96.7 Å². The summed E-state index contributed by atoms with van der Waals surface area (Å²) in [5.74, 6) is 2.05. The van der Waals surface area contributed by atoms with Gasteiger partial charge < -0.3 is 9.80 Å². The van der Waals surface area contributed by atoms with E-state index in [0.29, 0.717) is 0 Å². The van der Waals surface area contributed by atoms with Crippen LogP contribution in [0.4, 0.5) is 0 Å². The van der Waals surface area contributed by atoms with Gasteiger partial charge in [0.1, 0.15) is 0 Å². The van der Waals surface area contributed by atoms with Crippen molar-refractivity contribution in [1.29, 1.82) is 0 Å². The van der Waals surface area contributed by atoms with Crippen molar-refractivity contribution in [3.05, 3.63) is 25.3 Å². The lowest BCUT2D eigenvalue weighted by molar-refractivity contribution is 0.486. The summed E-state index contributed by atoms with van der Waals surface area (Å²) in [5, 5.41) is 0. The lowest BCUT2D eigenvalue weighted by atomic mass is 10.3. The molecule has 86 valence electrons. The molecule has 2 rings (SSSR count). The minimum absolute atomic E-state index is 0.847. The van der Waals surface area contributed by atoms with Gasteiger partial charge in [-0.25, -0.2) is 0 Å². The highest BCUT2D eigenvalue weighted by Crippen LogP contribution is 2.10. The van der Waals surface area contributed by atoms with Gasteiger partial charge in [-0.2, -0.15) is 0 Å².